The van der Waals surface area contributed by atoms with Gasteiger partial charge in [-0.15, -0.1) is 0 Å². The zero-order chi connectivity index (χ0) is 14.7. The van der Waals surface area contributed by atoms with Crippen LogP contribution in [0.25, 0.3) is 10.9 Å². The van der Waals surface area contributed by atoms with Gasteiger partial charge in [0.05, 0.1) is 11.2 Å². The van der Waals surface area contributed by atoms with E-state index in [1.807, 2.05) is 37.4 Å². The summed E-state index contributed by atoms with van der Waals surface area (Å²) in [6, 6.07) is 16.7. The summed E-state index contributed by atoms with van der Waals surface area (Å²) < 4.78 is 0. The largest absolute Gasteiger partial charge is 0.305 e. The first-order valence-corrected chi connectivity index (χ1v) is 7.23. The summed E-state index contributed by atoms with van der Waals surface area (Å²) in [6.07, 6.45) is 1.83. The second-order valence-corrected chi connectivity index (χ2v) is 5.30. The lowest BCUT2D eigenvalue weighted by atomic mass is 10.1. The fourth-order valence-electron chi connectivity index (χ4n) is 2.54. The first-order valence-electron chi connectivity index (χ1n) is 7.23. The highest BCUT2D eigenvalue weighted by atomic mass is 14.9. The molecule has 0 aliphatic rings. The van der Waals surface area contributed by atoms with E-state index >= 15 is 0 Å². The highest BCUT2D eigenvalue weighted by Gasteiger charge is 2.08. The van der Waals surface area contributed by atoms with Gasteiger partial charge in [-0.3, -0.25) is 9.97 Å². The Balaban J connectivity index is 1.82. The van der Waals surface area contributed by atoms with Crippen LogP contribution in [0.3, 0.4) is 0 Å². The number of pyridine rings is 2. The molecular weight excluding hydrogens is 258 g/mol. The number of para-hydroxylation sites is 1. The maximum Gasteiger partial charge on any atom is 0.0708 e. The Hall–Kier alpha value is -2.26. The van der Waals surface area contributed by atoms with Crippen LogP contribution in [-0.2, 0) is 6.54 Å². The number of fused-ring (bicyclic) bond motifs is 1. The molecule has 3 heteroatoms. The van der Waals surface area contributed by atoms with Crippen LogP contribution in [-0.4, -0.2) is 9.97 Å². The van der Waals surface area contributed by atoms with Gasteiger partial charge in [0.15, 0.2) is 0 Å². The van der Waals surface area contributed by atoms with E-state index in [0.717, 1.165) is 23.4 Å². The Labute approximate surface area is 125 Å². The van der Waals surface area contributed by atoms with Crippen LogP contribution in [0.2, 0.25) is 0 Å². The first kappa shape index (κ1) is 13.7. The van der Waals surface area contributed by atoms with Gasteiger partial charge in [-0.2, -0.15) is 0 Å². The molecule has 0 unspecified atom stereocenters. The van der Waals surface area contributed by atoms with Gasteiger partial charge in [-0.1, -0.05) is 24.3 Å². The predicted octanol–water partition coefficient (Wildman–Crippen LogP) is 3.79. The lowest BCUT2D eigenvalue weighted by molar-refractivity contribution is 0.563. The summed E-state index contributed by atoms with van der Waals surface area (Å²) in [7, 11) is 0. The molecule has 0 saturated carbocycles. The summed E-state index contributed by atoms with van der Waals surface area (Å²) in [6.45, 7) is 4.98. The lowest BCUT2D eigenvalue weighted by Gasteiger charge is -2.14. The molecule has 0 fully saturated rings. The molecule has 3 nitrogen and oxygen atoms in total. The van der Waals surface area contributed by atoms with E-state index in [2.05, 4.69) is 46.5 Å². The van der Waals surface area contributed by atoms with Gasteiger partial charge in [0.25, 0.3) is 0 Å². The fraction of sp³-hybridized carbons (Fsp3) is 0.222. The second-order valence-electron chi connectivity index (χ2n) is 5.30. The van der Waals surface area contributed by atoms with Gasteiger partial charge >= 0.3 is 0 Å². The van der Waals surface area contributed by atoms with Crippen LogP contribution in [0.15, 0.2) is 54.7 Å². The van der Waals surface area contributed by atoms with E-state index in [0.29, 0.717) is 0 Å². The zero-order valence-electron chi connectivity index (χ0n) is 12.4. The van der Waals surface area contributed by atoms with Crippen LogP contribution >= 0.6 is 0 Å². The molecule has 2 heterocycles. The number of aromatic nitrogens is 2. The quantitative estimate of drug-likeness (QED) is 0.788. The van der Waals surface area contributed by atoms with Gasteiger partial charge in [0.2, 0.25) is 0 Å². The van der Waals surface area contributed by atoms with Crippen LogP contribution < -0.4 is 5.32 Å². The summed E-state index contributed by atoms with van der Waals surface area (Å²) in [5.41, 5.74) is 4.45. The summed E-state index contributed by atoms with van der Waals surface area (Å²) in [5, 5.41) is 4.76. The highest BCUT2D eigenvalue weighted by molar-refractivity contribution is 5.82. The number of hydrogen-bond acceptors (Lipinski definition) is 3. The molecule has 0 amide bonds. The molecule has 3 rings (SSSR count). The third-order valence-corrected chi connectivity index (χ3v) is 3.66. The Bertz CT molecular complexity index is 738. The third kappa shape index (κ3) is 3.09. The van der Waals surface area contributed by atoms with Gasteiger partial charge in [0.1, 0.15) is 0 Å². The maximum atomic E-state index is 4.58. The van der Waals surface area contributed by atoms with Crippen molar-refractivity contribution in [1.29, 1.82) is 0 Å². The van der Waals surface area contributed by atoms with Crippen LogP contribution in [0.4, 0.5) is 0 Å². The fourth-order valence-corrected chi connectivity index (χ4v) is 2.54. The molecule has 0 bridgehead atoms. The smallest absolute Gasteiger partial charge is 0.0708 e. The molecule has 0 aliphatic carbocycles. The number of benzene rings is 1. The number of hydrogen-bond donors (Lipinski definition) is 1. The topological polar surface area (TPSA) is 37.8 Å². The standard InChI is InChI=1S/C18H19N3/c1-13-11-15(16-7-3-4-9-18(16)21-13)12-20-14(2)17-8-5-6-10-19-17/h3-11,14,20H,12H2,1-2H3/t14-/m0/s1. The number of rotatable bonds is 4. The Morgan fingerprint density at radius 2 is 1.90 bits per heavy atom. The number of nitrogens with zero attached hydrogens (tertiary/aromatic N) is 2. The average molecular weight is 277 g/mol. The van der Waals surface area contributed by atoms with Crippen molar-refractivity contribution in [2.45, 2.75) is 26.4 Å². The van der Waals surface area contributed by atoms with E-state index in [4.69, 9.17) is 0 Å². The van der Waals surface area contributed by atoms with Crippen molar-refractivity contribution >= 4 is 10.9 Å². The molecule has 1 aromatic carbocycles. The van der Waals surface area contributed by atoms with Crippen molar-refractivity contribution in [2.75, 3.05) is 0 Å². The molecule has 3 aromatic rings. The van der Waals surface area contributed by atoms with Crippen LogP contribution in [0, 0.1) is 6.92 Å². The first-order chi connectivity index (χ1) is 10.2. The SMILES string of the molecule is Cc1cc(CN[C@@H](C)c2ccccn2)c2ccccc2n1. The van der Waals surface area contributed by atoms with Gasteiger partial charge in [0, 0.05) is 29.9 Å². The third-order valence-electron chi connectivity index (χ3n) is 3.66. The monoisotopic (exact) mass is 277 g/mol. The average Bonchev–Trinajstić information content (AvgIpc) is 2.53. The van der Waals surface area contributed by atoms with E-state index in [1.165, 1.54) is 10.9 Å². The summed E-state index contributed by atoms with van der Waals surface area (Å²) >= 11 is 0. The van der Waals surface area contributed by atoms with Crippen molar-refractivity contribution < 1.29 is 0 Å². The summed E-state index contributed by atoms with van der Waals surface area (Å²) in [5.74, 6) is 0. The molecule has 2 aromatic heterocycles. The van der Waals surface area contributed by atoms with Crippen molar-refractivity contribution in [3.05, 3.63) is 71.7 Å². The molecule has 106 valence electrons. The predicted molar refractivity (Wildman–Crippen MR) is 86.0 cm³/mol. The van der Waals surface area contributed by atoms with E-state index in [9.17, 15) is 0 Å². The lowest BCUT2D eigenvalue weighted by Crippen LogP contribution is -2.19. The minimum Gasteiger partial charge on any atom is -0.305 e. The zero-order valence-corrected chi connectivity index (χ0v) is 12.4. The second kappa shape index (κ2) is 6.02. The van der Waals surface area contributed by atoms with Crippen molar-refractivity contribution in [3.63, 3.8) is 0 Å². The van der Waals surface area contributed by atoms with Crippen LogP contribution in [0.1, 0.15) is 29.9 Å². The van der Waals surface area contributed by atoms with Gasteiger partial charge in [-0.25, -0.2) is 0 Å². The van der Waals surface area contributed by atoms with E-state index in [1.54, 1.807) is 0 Å². The molecule has 0 radical (unpaired) electrons. The number of aryl methyl sites for hydroxylation is 1. The molecule has 1 N–H and O–H groups in total. The highest BCUT2D eigenvalue weighted by Crippen LogP contribution is 2.19. The molecule has 0 saturated heterocycles. The Morgan fingerprint density at radius 1 is 1.10 bits per heavy atom. The Morgan fingerprint density at radius 3 is 2.71 bits per heavy atom. The molecule has 1 atom stereocenters. The van der Waals surface area contributed by atoms with Crippen molar-refractivity contribution in [3.8, 4) is 0 Å². The molecule has 0 spiro atoms. The molecule has 21 heavy (non-hydrogen) atoms. The van der Waals surface area contributed by atoms with Crippen molar-refractivity contribution in [2.24, 2.45) is 0 Å². The van der Waals surface area contributed by atoms with E-state index < -0.39 is 0 Å². The van der Waals surface area contributed by atoms with Crippen LogP contribution in [0.5, 0.6) is 0 Å². The molecule has 0 aliphatic heterocycles. The van der Waals surface area contributed by atoms with Gasteiger partial charge in [-0.05, 0) is 43.7 Å². The normalized spacial score (nSPS) is 12.5. The van der Waals surface area contributed by atoms with E-state index in [-0.39, 0.29) is 6.04 Å². The molecular formula is C18H19N3. The maximum absolute atomic E-state index is 4.58. The van der Waals surface area contributed by atoms with Gasteiger partial charge < -0.3 is 5.32 Å². The van der Waals surface area contributed by atoms with Crippen molar-refractivity contribution in [1.82, 2.24) is 15.3 Å². The Kier molecular flexibility index (Phi) is 3.93. The summed E-state index contributed by atoms with van der Waals surface area (Å²) in [4.78, 5) is 8.98. The number of nitrogens with one attached hydrogen (secondary N) is 1. The minimum atomic E-state index is 0.221. The minimum absolute atomic E-state index is 0.221.